The number of piperazine rings is 1. The third-order valence-electron chi connectivity index (χ3n) is 2.02. The SMILES string of the molecule is [CH2]N1CCN(C(=O)OC(C)(C)C)CC1. The van der Waals surface area contributed by atoms with Crippen LogP contribution >= 0.6 is 0 Å². The Morgan fingerprint density at radius 1 is 1.21 bits per heavy atom. The maximum Gasteiger partial charge on any atom is 0.410 e. The quantitative estimate of drug-likeness (QED) is 0.590. The molecule has 1 fully saturated rings. The smallest absolute Gasteiger partial charge is 0.410 e. The van der Waals surface area contributed by atoms with Crippen LogP contribution in [0.5, 0.6) is 0 Å². The first-order valence-corrected chi connectivity index (χ1v) is 4.92. The number of hydrogen-bond donors (Lipinski definition) is 0. The molecule has 1 aliphatic heterocycles. The molecule has 4 heteroatoms. The molecule has 0 saturated carbocycles. The van der Waals surface area contributed by atoms with Gasteiger partial charge < -0.3 is 9.64 Å². The van der Waals surface area contributed by atoms with Crippen LogP contribution in [0, 0.1) is 7.05 Å². The topological polar surface area (TPSA) is 32.8 Å². The Kier molecular flexibility index (Phi) is 3.37. The lowest BCUT2D eigenvalue weighted by Gasteiger charge is -2.33. The maximum absolute atomic E-state index is 11.6. The van der Waals surface area contributed by atoms with Crippen molar-refractivity contribution in [2.75, 3.05) is 26.2 Å². The molecule has 14 heavy (non-hydrogen) atoms. The third kappa shape index (κ3) is 3.54. The summed E-state index contributed by atoms with van der Waals surface area (Å²) in [5, 5.41) is 0. The van der Waals surface area contributed by atoms with E-state index in [4.69, 9.17) is 4.74 Å². The molecule has 1 amide bonds. The zero-order chi connectivity index (χ0) is 10.8. The van der Waals surface area contributed by atoms with Crippen LogP contribution in [0.2, 0.25) is 0 Å². The fourth-order valence-corrected chi connectivity index (χ4v) is 1.26. The number of carbonyl (C=O) groups excluding carboxylic acids is 1. The summed E-state index contributed by atoms with van der Waals surface area (Å²) in [5.74, 6) is 0. The van der Waals surface area contributed by atoms with Crippen LogP contribution in [0.3, 0.4) is 0 Å². The number of amides is 1. The highest BCUT2D eigenvalue weighted by Crippen LogP contribution is 2.11. The van der Waals surface area contributed by atoms with Crippen LogP contribution in [0.25, 0.3) is 0 Å². The molecule has 81 valence electrons. The van der Waals surface area contributed by atoms with Crippen molar-refractivity contribution >= 4 is 6.09 Å². The van der Waals surface area contributed by atoms with E-state index < -0.39 is 5.60 Å². The first-order chi connectivity index (χ1) is 6.38. The molecule has 0 atom stereocenters. The largest absolute Gasteiger partial charge is 0.444 e. The Bertz CT molecular complexity index is 203. The molecular formula is C10H19N2O2. The van der Waals surface area contributed by atoms with Gasteiger partial charge in [0.2, 0.25) is 0 Å². The van der Waals surface area contributed by atoms with Crippen LogP contribution in [-0.2, 0) is 4.74 Å². The van der Waals surface area contributed by atoms with E-state index in [-0.39, 0.29) is 6.09 Å². The van der Waals surface area contributed by atoms with Gasteiger partial charge in [-0.1, -0.05) is 0 Å². The summed E-state index contributed by atoms with van der Waals surface area (Å²) < 4.78 is 5.26. The van der Waals surface area contributed by atoms with Crippen molar-refractivity contribution in [3.05, 3.63) is 7.05 Å². The summed E-state index contributed by atoms with van der Waals surface area (Å²) in [7, 11) is 3.82. The highest BCUT2D eigenvalue weighted by molar-refractivity contribution is 5.68. The number of ether oxygens (including phenoxy) is 1. The van der Waals surface area contributed by atoms with Gasteiger partial charge in [-0.25, -0.2) is 4.79 Å². The van der Waals surface area contributed by atoms with Gasteiger partial charge >= 0.3 is 6.09 Å². The van der Waals surface area contributed by atoms with Crippen LogP contribution in [0.15, 0.2) is 0 Å². The van der Waals surface area contributed by atoms with Crippen molar-refractivity contribution in [2.45, 2.75) is 26.4 Å². The van der Waals surface area contributed by atoms with Crippen molar-refractivity contribution in [1.29, 1.82) is 0 Å². The maximum atomic E-state index is 11.6. The Balaban J connectivity index is 2.38. The molecule has 1 rings (SSSR count). The van der Waals surface area contributed by atoms with E-state index in [1.54, 1.807) is 4.90 Å². The van der Waals surface area contributed by atoms with Crippen LogP contribution in [-0.4, -0.2) is 47.7 Å². The number of nitrogens with zero attached hydrogens (tertiary/aromatic N) is 2. The molecule has 4 nitrogen and oxygen atoms in total. The molecule has 0 aromatic rings. The van der Waals surface area contributed by atoms with Gasteiger partial charge in [-0.2, -0.15) is 0 Å². The molecule has 1 saturated heterocycles. The molecule has 0 aromatic heterocycles. The first-order valence-electron chi connectivity index (χ1n) is 4.92. The average molecular weight is 199 g/mol. The highest BCUT2D eigenvalue weighted by Gasteiger charge is 2.24. The van der Waals surface area contributed by atoms with Gasteiger partial charge in [0, 0.05) is 33.2 Å². The van der Waals surface area contributed by atoms with Gasteiger partial charge in [-0.3, -0.25) is 4.90 Å². The average Bonchev–Trinajstić information content (AvgIpc) is 2.02. The van der Waals surface area contributed by atoms with Crippen LogP contribution in [0.4, 0.5) is 4.79 Å². The minimum Gasteiger partial charge on any atom is -0.444 e. The summed E-state index contributed by atoms with van der Waals surface area (Å²) >= 11 is 0. The van der Waals surface area contributed by atoms with Gasteiger partial charge in [-0.15, -0.1) is 0 Å². The Labute approximate surface area is 85.8 Å². The molecule has 0 unspecified atom stereocenters. The Morgan fingerprint density at radius 2 is 1.71 bits per heavy atom. The third-order valence-corrected chi connectivity index (χ3v) is 2.02. The Morgan fingerprint density at radius 3 is 2.14 bits per heavy atom. The van der Waals surface area contributed by atoms with E-state index in [2.05, 4.69) is 7.05 Å². The second kappa shape index (κ2) is 4.17. The number of hydrogen-bond acceptors (Lipinski definition) is 3. The number of rotatable bonds is 0. The van der Waals surface area contributed by atoms with Crippen molar-refractivity contribution < 1.29 is 9.53 Å². The standard InChI is InChI=1S/C10H19N2O2/c1-10(2,3)14-9(13)12-7-5-11(4)6-8-12/h4-8H2,1-3H3. The second-order valence-corrected chi connectivity index (χ2v) is 4.59. The van der Waals surface area contributed by atoms with E-state index in [1.165, 1.54) is 0 Å². The molecule has 0 aromatic carbocycles. The van der Waals surface area contributed by atoms with E-state index in [0.717, 1.165) is 13.1 Å². The first kappa shape index (κ1) is 11.3. The summed E-state index contributed by atoms with van der Waals surface area (Å²) in [6.07, 6.45) is -0.217. The zero-order valence-corrected chi connectivity index (χ0v) is 9.25. The molecule has 0 bridgehead atoms. The number of carbonyl (C=O) groups is 1. The van der Waals surface area contributed by atoms with Crippen molar-refractivity contribution in [3.63, 3.8) is 0 Å². The summed E-state index contributed by atoms with van der Waals surface area (Å²) in [5.41, 5.74) is -0.404. The summed E-state index contributed by atoms with van der Waals surface area (Å²) in [6.45, 7) is 8.68. The molecule has 1 radical (unpaired) electrons. The lowest BCUT2D eigenvalue weighted by atomic mass is 10.2. The van der Waals surface area contributed by atoms with Gasteiger partial charge in [0.25, 0.3) is 0 Å². The predicted octanol–water partition coefficient (Wildman–Crippen LogP) is 1.33. The van der Waals surface area contributed by atoms with Crippen molar-refractivity contribution in [2.24, 2.45) is 0 Å². The van der Waals surface area contributed by atoms with Gasteiger partial charge in [0.05, 0.1) is 0 Å². The van der Waals surface area contributed by atoms with Gasteiger partial charge in [0.1, 0.15) is 5.60 Å². The van der Waals surface area contributed by atoms with Crippen LogP contribution < -0.4 is 0 Å². The minimum absolute atomic E-state index is 0.217. The van der Waals surface area contributed by atoms with Gasteiger partial charge in [-0.05, 0) is 20.8 Å². The van der Waals surface area contributed by atoms with E-state index in [1.807, 2.05) is 25.7 Å². The molecular weight excluding hydrogens is 180 g/mol. The van der Waals surface area contributed by atoms with E-state index in [9.17, 15) is 4.79 Å². The predicted molar refractivity (Wildman–Crippen MR) is 54.7 cm³/mol. The van der Waals surface area contributed by atoms with Crippen LogP contribution in [0.1, 0.15) is 20.8 Å². The van der Waals surface area contributed by atoms with E-state index >= 15 is 0 Å². The molecule has 0 spiro atoms. The van der Waals surface area contributed by atoms with Crippen molar-refractivity contribution in [1.82, 2.24) is 9.80 Å². The zero-order valence-electron chi connectivity index (χ0n) is 9.25. The fraction of sp³-hybridized carbons (Fsp3) is 0.800. The fourth-order valence-electron chi connectivity index (χ4n) is 1.26. The highest BCUT2D eigenvalue weighted by atomic mass is 16.6. The lowest BCUT2D eigenvalue weighted by Crippen LogP contribution is -2.48. The lowest BCUT2D eigenvalue weighted by molar-refractivity contribution is 0.0175. The summed E-state index contributed by atoms with van der Waals surface area (Å²) in [4.78, 5) is 15.3. The molecule has 1 heterocycles. The van der Waals surface area contributed by atoms with Crippen molar-refractivity contribution in [3.8, 4) is 0 Å². The summed E-state index contributed by atoms with van der Waals surface area (Å²) in [6, 6.07) is 0. The molecule has 1 aliphatic rings. The normalized spacial score (nSPS) is 19.6. The van der Waals surface area contributed by atoms with Gasteiger partial charge in [0.15, 0.2) is 0 Å². The molecule has 0 N–H and O–H groups in total. The molecule has 0 aliphatic carbocycles. The minimum atomic E-state index is -0.404. The monoisotopic (exact) mass is 199 g/mol. The Hall–Kier alpha value is -0.770. The second-order valence-electron chi connectivity index (χ2n) is 4.59. The van der Waals surface area contributed by atoms with E-state index in [0.29, 0.717) is 13.1 Å².